The van der Waals surface area contributed by atoms with Crippen LogP contribution in [0, 0.1) is 0 Å². The number of nitrogens with two attached hydrogens (primary N) is 1. The van der Waals surface area contributed by atoms with E-state index in [0.29, 0.717) is 12.0 Å². The molecule has 4 nitrogen and oxygen atoms in total. The predicted octanol–water partition coefficient (Wildman–Crippen LogP) is 2.66. The molecule has 0 aromatic carbocycles. The van der Waals surface area contributed by atoms with Crippen molar-refractivity contribution in [2.75, 3.05) is 19.8 Å². The average Bonchev–Trinajstić information content (AvgIpc) is 2.57. The highest BCUT2D eigenvalue weighted by Gasteiger charge is 2.11. The maximum Gasteiger partial charge on any atom is 0.188 e. The van der Waals surface area contributed by atoms with Crippen LogP contribution in [0.15, 0.2) is 4.99 Å². The van der Waals surface area contributed by atoms with Gasteiger partial charge in [0.15, 0.2) is 5.96 Å². The lowest BCUT2D eigenvalue weighted by Gasteiger charge is -2.16. The highest BCUT2D eigenvalue weighted by atomic mass is 127. The van der Waals surface area contributed by atoms with E-state index in [-0.39, 0.29) is 24.0 Å². The van der Waals surface area contributed by atoms with E-state index in [1.807, 2.05) is 6.92 Å². The van der Waals surface area contributed by atoms with Crippen LogP contribution in [0.2, 0.25) is 0 Å². The quantitative estimate of drug-likeness (QED) is 0.249. The first-order valence-corrected chi connectivity index (χ1v) is 6.97. The molecule has 0 saturated heterocycles. The maximum atomic E-state index is 5.87. The molecule has 18 heavy (non-hydrogen) atoms. The second-order valence-corrected chi connectivity index (χ2v) is 4.65. The summed E-state index contributed by atoms with van der Waals surface area (Å²) in [6, 6.07) is 0.535. The first-order valence-electron chi connectivity index (χ1n) is 6.97. The zero-order chi connectivity index (χ0) is 12.3. The molecule has 0 amide bonds. The lowest BCUT2D eigenvalue weighted by molar-refractivity contribution is 0.146. The van der Waals surface area contributed by atoms with E-state index in [1.165, 1.54) is 38.5 Å². The summed E-state index contributed by atoms with van der Waals surface area (Å²) in [5, 5.41) is 3.34. The topological polar surface area (TPSA) is 59.6 Å². The summed E-state index contributed by atoms with van der Waals surface area (Å²) in [5.41, 5.74) is 5.87. The Hall–Kier alpha value is -0.0400. The van der Waals surface area contributed by atoms with Crippen molar-refractivity contribution in [3.63, 3.8) is 0 Å². The lowest BCUT2D eigenvalue weighted by Crippen LogP contribution is -2.39. The van der Waals surface area contributed by atoms with Gasteiger partial charge in [-0.05, 0) is 26.2 Å². The van der Waals surface area contributed by atoms with Gasteiger partial charge in [0.05, 0.1) is 0 Å². The summed E-state index contributed by atoms with van der Waals surface area (Å²) >= 11 is 0. The van der Waals surface area contributed by atoms with Gasteiger partial charge < -0.3 is 15.8 Å². The number of hydrogen-bond acceptors (Lipinski definition) is 2. The van der Waals surface area contributed by atoms with Crippen LogP contribution in [-0.4, -0.2) is 31.8 Å². The summed E-state index contributed by atoms with van der Waals surface area (Å²) in [6.07, 6.45) is 8.77. The third kappa shape index (κ3) is 8.97. The number of nitrogens with one attached hydrogen (secondary N) is 1. The van der Waals surface area contributed by atoms with Crippen LogP contribution in [0.5, 0.6) is 0 Å². The van der Waals surface area contributed by atoms with Gasteiger partial charge in [-0.25, -0.2) is 0 Å². The minimum absolute atomic E-state index is 0. The molecule has 0 heterocycles. The van der Waals surface area contributed by atoms with E-state index in [1.54, 1.807) is 0 Å². The van der Waals surface area contributed by atoms with Crippen LogP contribution in [-0.2, 0) is 4.74 Å². The van der Waals surface area contributed by atoms with Gasteiger partial charge in [0.1, 0.15) is 0 Å². The Morgan fingerprint density at radius 2 is 1.94 bits per heavy atom. The SMILES string of the molecule is CCOCCCN=C(N)NC1CCCCCC1.I. The van der Waals surface area contributed by atoms with Gasteiger partial charge >= 0.3 is 0 Å². The Morgan fingerprint density at radius 1 is 1.28 bits per heavy atom. The molecule has 5 heteroatoms. The van der Waals surface area contributed by atoms with E-state index >= 15 is 0 Å². The van der Waals surface area contributed by atoms with Gasteiger partial charge in [0.25, 0.3) is 0 Å². The van der Waals surface area contributed by atoms with Crippen LogP contribution < -0.4 is 11.1 Å². The van der Waals surface area contributed by atoms with Crippen LogP contribution in [0.25, 0.3) is 0 Å². The minimum Gasteiger partial charge on any atom is -0.382 e. The van der Waals surface area contributed by atoms with Gasteiger partial charge in [-0.2, -0.15) is 0 Å². The van der Waals surface area contributed by atoms with Crippen LogP contribution >= 0.6 is 24.0 Å². The summed E-state index contributed by atoms with van der Waals surface area (Å²) in [6.45, 7) is 4.31. The van der Waals surface area contributed by atoms with Crippen molar-refractivity contribution >= 4 is 29.9 Å². The van der Waals surface area contributed by atoms with Gasteiger partial charge in [-0.15, -0.1) is 24.0 Å². The number of guanidine groups is 1. The molecule has 0 radical (unpaired) electrons. The molecule has 0 atom stereocenters. The normalized spacial score (nSPS) is 17.9. The average molecular weight is 369 g/mol. The van der Waals surface area contributed by atoms with Crippen molar-refractivity contribution in [3.8, 4) is 0 Å². The van der Waals surface area contributed by atoms with Gasteiger partial charge in [0, 0.05) is 25.8 Å². The van der Waals surface area contributed by atoms with Crippen molar-refractivity contribution in [1.29, 1.82) is 0 Å². The number of aliphatic imine (C=N–C) groups is 1. The second kappa shape index (κ2) is 12.0. The Morgan fingerprint density at radius 3 is 2.56 bits per heavy atom. The Labute approximate surface area is 128 Å². The molecule has 0 aromatic heterocycles. The Bertz CT molecular complexity index is 216. The molecule has 0 unspecified atom stereocenters. The third-order valence-corrected chi connectivity index (χ3v) is 3.14. The number of halogens is 1. The molecule has 1 rings (SSSR count). The summed E-state index contributed by atoms with van der Waals surface area (Å²) in [7, 11) is 0. The van der Waals surface area contributed by atoms with Crippen molar-refractivity contribution in [2.24, 2.45) is 10.7 Å². The number of hydrogen-bond donors (Lipinski definition) is 2. The molecule has 108 valence electrons. The van der Waals surface area contributed by atoms with Gasteiger partial charge in [0.2, 0.25) is 0 Å². The van der Waals surface area contributed by atoms with Crippen molar-refractivity contribution < 1.29 is 4.74 Å². The van der Waals surface area contributed by atoms with E-state index in [4.69, 9.17) is 10.5 Å². The fraction of sp³-hybridized carbons (Fsp3) is 0.923. The number of rotatable bonds is 6. The zero-order valence-corrected chi connectivity index (χ0v) is 13.8. The highest BCUT2D eigenvalue weighted by molar-refractivity contribution is 14.0. The Kier molecular flexibility index (Phi) is 12.0. The van der Waals surface area contributed by atoms with E-state index in [0.717, 1.165) is 26.2 Å². The molecule has 1 aliphatic carbocycles. The molecule has 0 spiro atoms. The summed E-state index contributed by atoms with van der Waals surface area (Å²) in [4.78, 5) is 4.32. The molecular formula is C13H28IN3O. The standard InChI is InChI=1S/C13H27N3O.HI/c1-2-17-11-7-10-15-13(14)16-12-8-5-3-4-6-9-12;/h12H,2-11H2,1H3,(H3,14,15,16);1H. The lowest BCUT2D eigenvalue weighted by atomic mass is 10.1. The van der Waals surface area contributed by atoms with Gasteiger partial charge in [-0.3, -0.25) is 4.99 Å². The van der Waals surface area contributed by atoms with E-state index in [2.05, 4.69) is 10.3 Å². The molecule has 0 bridgehead atoms. The molecule has 0 aliphatic heterocycles. The van der Waals surface area contributed by atoms with Crippen molar-refractivity contribution in [2.45, 2.75) is 57.9 Å². The summed E-state index contributed by atoms with van der Waals surface area (Å²) in [5.74, 6) is 0.605. The summed E-state index contributed by atoms with van der Waals surface area (Å²) < 4.78 is 5.25. The van der Waals surface area contributed by atoms with Crippen molar-refractivity contribution in [1.82, 2.24) is 5.32 Å². The highest BCUT2D eigenvalue weighted by Crippen LogP contribution is 2.16. The molecule has 1 saturated carbocycles. The van der Waals surface area contributed by atoms with E-state index in [9.17, 15) is 0 Å². The maximum absolute atomic E-state index is 5.87. The monoisotopic (exact) mass is 369 g/mol. The fourth-order valence-corrected chi connectivity index (χ4v) is 2.19. The molecule has 0 aromatic rings. The first-order chi connectivity index (χ1) is 8.33. The molecule has 1 aliphatic rings. The number of ether oxygens (including phenoxy) is 1. The fourth-order valence-electron chi connectivity index (χ4n) is 2.19. The third-order valence-electron chi connectivity index (χ3n) is 3.14. The second-order valence-electron chi connectivity index (χ2n) is 4.65. The largest absolute Gasteiger partial charge is 0.382 e. The van der Waals surface area contributed by atoms with Gasteiger partial charge in [-0.1, -0.05) is 25.7 Å². The van der Waals surface area contributed by atoms with Crippen LogP contribution in [0.1, 0.15) is 51.9 Å². The molecular weight excluding hydrogens is 341 g/mol. The van der Waals surface area contributed by atoms with E-state index < -0.39 is 0 Å². The number of nitrogens with zero attached hydrogens (tertiary/aromatic N) is 1. The van der Waals surface area contributed by atoms with Crippen LogP contribution in [0.3, 0.4) is 0 Å². The zero-order valence-electron chi connectivity index (χ0n) is 11.5. The van der Waals surface area contributed by atoms with Crippen LogP contribution in [0.4, 0.5) is 0 Å². The first kappa shape index (κ1) is 18.0. The minimum atomic E-state index is 0. The Balaban J connectivity index is 0.00000289. The smallest absolute Gasteiger partial charge is 0.188 e. The molecule has 1 fully saturated rings. The molecule has 3 N–H and O–H groups in total. The van der Waals surface area contributed by atoms with Crippen molar-refractivity contribution in [3.05, 3.63) is 0 Å². The predicted molar refractivity (Wildman–Crippen MR) is 87.6 cm³/mol.